The lowest BCUT2D eigenvalue weighted by molar-refractivity contribution is -0.141. The van der Waals surface area contributed by atoms with Crippen molar-refractivity contribution in [2.75, 3.05) is 6.26 Å². The zero-order valence-corrected chi connectivity index (χ0v) is 20.4. The number of aliphatic hydroxyl groups excluding tert-OH is 1. The maximum absolute atomic E-state index is 13.5. The molecule has 0 fully saturated rings. The molecule has 0 aliphatic carbocycles. The van der Waals surface area contributed by atoms with Crippen molar-refractivity contribution >= 4 is 44.4 Å². The van der Waals surface area contributed by atoms with Crippen molar-refractivity contribution in [2.24, 2.45) is 0 Å². The fourth-order valence-corrected chi connectivity index (χ4v) is 5.66. The van der Waals surface area contributed by atoms with Crippen molar-refractivity contribution in [1.29, 1.82) is 0 Å². The Balaban J connectivity index is 1.86. The summed E-state index contributed by atoms with van der Waals surface area (Å²) >= 11 is 13.4. The molecule has 34 heavy (non-hydrogen) atoms. The average molecular weight is 547 g/mol. The van der Waals surface area contributed by atoms with Crippen LogP contribution in [0.25, 0.3) is 26.7 Å². The number of hydrogen-bond acceptors (Lipinski definition) is 5. The van der Waals surface area contributed by atoms with Crippen LogP contribution in [0.4, 0.5) is 13.2 Å². The first-order valence-electron chi connectivity index (χ1n) is 9.55. The van der Waals surface area contributed by atoms with Crippen LogP contribution in [0, 0.1) is 0 Å². The molecule has 12 heteroatoms. The van der Waals surface area contributed by atoms with Crippen LogP contribution < -0.4 is 0 Å². The van der Waals surface area contributed by atoms with Gasteiger partial charge in [-0.3, -0.25) is 0 Å². The molecule has 0 aliphatic heterocycles. The monoisotopic (exact) mass is 546 g/mol. The molecule has 0 bridgehead atoms. The summed E-state index contributed by atoms with van der Waals surface area (Å²) in [5.41, 5.74) is 0.0211. The predicted molar refractivity (Wildman–Crippen MR) is 126 cm³/mol. The van der Waals surface area contributed by atoms with Gasteiger partial charge in [0.05, 0.1) is 32.8 Å². The number of sulfone groups is 1. The van der Waals surface area contributed by atoms with E-state index in [-0.39, 0.29) is 31.9 Å². The molecule has 0 atom stereocenters. The van der Waals surface area contributed by atoms with Gasteiger partial charge in [-0.05, 0) is 53.6 Å². The average Bonchev–Trinajstić information content (AvgIpc) is 3.41. The van der Waals surface area contributed by atoms with E-state index in [4.69, 9.17) is 23.2 Å². The van der Waals surface area contributed by atoms with E-state index in [1.54, 1.807) is 18.2 Å². The molecule has 0 saturated carbocycles. The van der Waals surface area contributed by atoms with Crippen molar-refractivity contribution < 1.29 is 26.7 Å². The first-order chi connectivity index (χ1) is 15.9. The number of benzene rings is 2. The summed E-state index contributed by atoms with van der Waals surface area (Å²) < 4.78 is 65.8. The summed E-state index contributed by atoms with van der Waals surface area (Å²) in [6, 6.07) is 13.2. The lowest BCUT2D eigenvalue weighted by atomic mass is 10.1. The first-order valence-corrected chi connectivity index (χ1v) is 13.0. The van der Waals surface area contributed by atoms with Gasteiger partial charge >= 0.3 is 6.18 Å². The number of alkyl halides is 3. The fourth-order valence-electron chi connectivity index (χ4n) is 3.34. The second kappa shape index (κ2) is 9.01. The van der Waals surface area contributed by atoms with Crippen molar-refractivity contribution in [2.45, 2.75) is 17.7 Å². The van der Waals surface area contributed by atoms with E-state index in [2.05, 4.69) is 5.10 Å². The van der Waals surface area contributed by atoms with E-state index in [0.717, 1.165) is 28.3 Å². The van der Waals surface area contributed by atoms with E-state index >= 15 is 0 Å². The summed E-state index contributed by atoms with van der Waals surface area (Å²) in [6.45, 7) is -0.446. The number of aromatic nitrogens is 2. The highest BCUT2D eigenvalue weighted by Gasteiger charge is 2.35. The minimum atomic E-state index is -4.68. The number of halogens is 5. The molecule has 2 heterocycles. The van der Waals surface area contributed by atoms with Gasteiger partial charge in [-0.25, -0.2) is 13.1 Å². The van der Waals surface area contributed by atoms with Crippen LogP contribution in [0.3, 0.4) is 0 Å². The summed E-state index contributed by atoms with van der Waals surface area (Å²) in [6.07, 6.45) is -3.65. The molecule has 0 aliphatic rings. The van der Waals surface area contributed by atoms with Gasteiger partial charge in [0.25, 0.3) is 0 Å². The second-order valence-electron chi connectivity index (χ2n) is 7.34. The zero-order chi connectivity index (χ0) is 24.8. The maximum atomic E-state index is 13.5. The second-order valence-corrected chi connectivity index (χ2v) is 11.2. The molecular formula is C22H15Cl2F3N2O3S2. The Hall–Kier alpha value is -2.37. The standard InChI is InChI=1S/C22H15Cl2F3N2O3S2/c1-34(31,32)20-8-12(2-3-13(20)11-30)18-6-7-19(33-18)17-10-21(22(25,26)27)28-29(17)16-9-14(23)4-5-15(16)24/h2-10,30H,11H2,1H3. The number of nitrogens with zero attached hydrogens (tertiary/aromatic N) is 2. The van der Waals surface area contributed by atoms with Gasteiger partial charge in [0.1, 0.15) is 0 Å². The van der Waals surface area contributed by atoms with Gasteiger partial charge in [-0.2, -0.15) is 18.3 Å². The minimum absolute atomic E-state index is 0.0161. The molecule has 0 spiro atoms. The molecule has 4 rings (SSSR count). The molecule has 4 aromatic rings. The number of thiophene rings is 1. The summed E-state index contributed by atoms with van der Waals surface area (Å²) in [4.78, 5) is 1.04. The first kappa shape index (κ1) is 24.7. The summed E-state index contributed by atoms with van der Waals surface area (Å²) in [5, 5.41) is 13.6. The van der Waals surface area contributed by atoms with E-state index in [1.807, 2.05) is 0 Å². The SMILES string of the molecule is CS(=O)(=O)c1cc(-c2ccc(-c3cc(C(F)(F)F)nn3-c3cc(Cl)ccc3Cl)s2)ccc1CO. The number of aliphatic hydroxyl groups is 1. The third kappa shape index (κ3) is 4.87. The smallest absolute Gasteiger partial charge is 0.392 e. The third-order valence-corrected chi connectivity index (χ3v) is 7.81. The van der Waals surface area contributed by atoms with Gasteiger partial charge in [0, 0.05) is 16.2 Å². The molecule has 178 valence electrons. The largest absolute Gasteiger partial charge is 0.435 e. The number of hydrogen-bond donors (Lipinski definition) is 1. The van der Waals surface area contributed by atoms with Crippen molar-refractivity contribution in [1.82, 2.24) is 9.78 Å². The third-order valence-electron chi connectivity index (χ3n) is 4.92. The van der Waals surface area contributed by atoms with Crippen LogP contribution >= 0.6 is 34.5 Å². The lowest BCUT2D eigenvalue weighted by Crippen LogP contribution is -2.07. The fraction of sp³-hybridized carbons (Fsp3) is 0.136. The highest BCUT2D eigenvalue weighted by molar-refractivity contribution is 7.90. The van der Waals surface area contributed by atoms with Gasteiger partial charge in [-0.1, -0.05) is 35.3 Å². The topological polar surface area (TPSA) is 72.2 Å². The maximum Gasteiger partial charge on any atom is 0.435 e. The number of rotatable bonds is 5. The highest BCUT2D eigenvalue weighted by Crippen LogP contribution is 2.40. The summed E-state index contributed by atoms with van der Waals surface area (Å²) in [7, 11) is -3.61. The Kier molecular flexibility index (Phi) is 6.56. The van der Waals surface area contributed by atoms with Gasteiger partial charge in [0.2, 0.25) is 0 Å². The molecule has 0 amide bonds. The molecule has 2 aromatic carbocycles. The van der Waals surface area contributed by atoms with E-state index in [9.17, 15) is 26.7 Å². The molecule has 2 aromatic heterocycles. The van der Waals surface area contributed by atoms with E-state index in [1.165, 1.54) is 30.3 Å². The molecule has 5 nitrogen and oxygen atoms in total. The van der Waals surface area contributed by atoms with Crippen molar-refractivity contribution in [3.05, 3.63) is 75.9 Å². The molecule has 0 unspecified atom stereocenters. The highest BCUT2D eigenvalue weighted by atomic mass is 35.5. The van der Waals surface area contributed by atoms with Gasteiger partial charge in [0.15, 0.2) is 15.5 Å². The zero-order valence-electron chi connectivity index (χ0n) is 17.3. The Labute approximate surface area is 206 Å². The van der Waals surface area contributed by atoms with Crippen LogP contribution in [-0.4, -0.2) is 29.6 Å². The Bertz CT molecular complexity index is 1500. The lowest BCUT2D eigenvalue weighted by Gasteiger charge is -2.09. The molecule has 1 N–H and O–H groups in total. The van der Waals surface area contributed by atoms with Gasteiger partial charge in [-0.15, -0.1) is 11.3 Å². The molecular weight excluding hydrogens is 532 g/mol. The Morgan fingerprint density at radius 2 is 1.74 bits per heavy atom. The van der Waals surface area contributed by atoms with E-state index < -0.39 is 28.3 Å². The Morgan fingerprint density at radius 3 is 2.38 bits per heavy atom. The Morgan fingerprint density at radius 1 is 1.03 bits per heavy atom. The summed E-state index contributed by atoms with van der Waals surface area (Å²) in [5.74, 6) is 0. The molecule has 0 saturated heterocycles. The molecule has 0 radical (unpaired) electrons. The normalized spacial score (nSPS) is 12.3. The predicted octanol–water partition coefficient (Wildman–Crippen LogP) is 6.49. The van der Waals surface area contributed by atoms with E-state index in [0.29, 0.717) is 15.3 Å². The van der Waals surface area contributed by atoms with Crippen molar-refractivity contribution in [3.63, 3.8) is 0 Å². The van der Waals surface area contributed by atoms with Crippen LogP contribution in [0.2, 0.25) is 10.0 Å². The van der Waals surface area contributed by atoms with Crippen LogP contribution in [-0.2, 0) is 22.6 Å². The minimum Gasteiger partial charge on any atom is -0.392 e. The van der Waals surface area contributed by atoms with Gasteiger partial charge < -0.3 is 5.11 Å². The quantitative estimate of drug-likeness (QED) is 0.310. The van der Waals surface area contributed by atoms with Crippen LogP contribution in [0.15, 0.2) is 59.5 Å². The van der Waals surface area contributed by atoms with Crippen LogP contribution in [0.5, 0.6) is 0 Å². The van der Waals surface area contributed by atoms with Crippen molar-refractivity contribution in [3.8, 4) is 26.7 Å². The van der Waals surface area contributed by atoms with Crippen LogP contribution in [0.1, 0.15) is 11.3 Å².